The van der Waals surface area contributed by atoms with Gasteiger partial charge in [0.15, 0.2) is 11.0 Å². The number of rotatable bonds is 7. The standard InChI is InChI=1S/C23H26FN7O2S/c24-18-6-4-17(5-7-18)21-27-28-23(31(21)15-19-3-1-14-33-19)34-16-20(32)29-10-12-30(13-11-29)22-25-8-2-9-26-22/h2,4-9,19H,1,3,10-16H2/t19-/m0/s1. The molecule has 1 atom stereocenters. The zero-order valence-corrected chi connectivity index (χ0v) is 19.5. The van der Waals surface area contributed by atoms with E-state index in [9.17, 15) is 9.18 Å². The molecule has 0 saturated carbocycles. The highest BCUT2D eigenvalue weighted by Gasteiger charge is 2.25. The van der Waals surface area contributed by atoms with E-state index in [1.54, 1.807) is 30.6 Å². The van der Waals surface area contributed by atoms with Crippen molar-refractivity contribution in [3.63, 3.8) is 0 Å². The first kappa shape index (κ1) is 22.7. The van der Waals surface area contributed by atoms with Gasteiger partial charge in [0.05, 0.1) is 18.4 Å². The van der Waals surface area contributed by atoms with E-state index in [0.29, 0.717) is 49.7 Å². The van der Waals surface area contributed by atoms with Gasteiger partial charge >= 0.3 is 0 Å². The maximum atomic E-state index is 13.4. The van der Waals surface area contributed by atoms with Crippen molar-refractivity contribution in [2.75, 3.05) is 43.4 Å². The van der Waals surface area contributed by atoms with Gasteiger partial charge in [-0.25, -0.2) is 14.4 Å². The summed E-state index contributed by atoms with van der Waals surface area (Å²) in [4.78, 5) is 25.5. The van der Waals surface area contributed by atoms with E-state index < -0.39 is 0 Å². The molecule has 2 aliphatic rings. The lowest BCUT2D eigenvalue weighted by atomic mass is 10.2. The number of ether oxygens (including phenoxy) is 1. The molecule has 0 spiro atoms. The Morgan fingerprint density at radius 2 is 1.85 bits per heavy atom. The predicted octanol–water partition coefficient (Wildman–Crippen LogP) is 2.49. The number of carbonyl (C=O) groups is 1. The molecule has 2 aromatic heterocycles. The Labute approximate surface area is 201 Å². The molecule has 1 amide bonds. The van der Waals surface area contributed by atoms with E-state index in [-0.39, 0.29) is 23.6 Å². The minimum absolute atomic E-state index is 0.0635. The van der Waals surface area contributed by atoms with Crippen molar-refractivity contribution >= 4 is 23.6 Å². The van der Waals surface area contributed by atoms with Gasteiger partial charge in [-0.3, -0.25) is 9.36 Å². The van der Waals surface area contributed by atoms with Crippen molar-refractivity contribution < 1.29 is 13.9 Å². The molecule has 11 heteroatoms. The summed E-state index contributed by atoms with van der Waals surface area (Å²) in [5, 5.41) is 9.38. The predicted molar refractivity (Wildman–Crippen MR) is 126 cm³/mol. The van der Waals surface area contributed by atoms with E-state index in [0.717, 1.165) is 25.0 Å². The van der Waals surface area contributed by atoms with Crippen LogP contribution in [0.4, 0.5) is 10.3 Å². The molecule has 3 aromatic rings. The molecule has 2 aliphatic heterocycles. The molecule has 5 rings (SSSR count). The van der Waals surface area contributed by atoms with Crippen molar-refractivity contribution in [1.82, 2.24) is 29.6 Å². The van der Waals surface area contributed by atoms with Crippen molar-refractivity contribution in [2.24, 2.45) is 0 Å². The number of hydrogen-bond acceptors (Lipinski definition) is 8. The summed E-state index contributed by atoms with van der Waals surface area (Å²) in [6.07, 6.45) is 5.53. The lowest BCUT2D eigenvalue weighted by molar-refractivity contribution is -0.128. The first-order chi connectivity index (χ1) is 16.7. The molecule has 1 aromatic carbocycles. The molecular formula is C23H26FN7O2S. The molecule has 2 fully saturated rings. The Morgan fingerprint density at radius 1 is 1.09 bits per heavy atom. The van der Waals surface area contributed by atoms with Crippen LogP contribution in [0.5, 0.6) is 0 Å². The summed E-state index contributed by atoms with van der Waals surface area (Å²) in [7, 11) is 0. The van der Waals surface area contributed by atoms with Crippen LogP contribution in [-0.2, 0) is 16.1 Å². The van der Waals surface area contributed by atoms with Gasteiger partial charge in [0.2, 0.25) is 11.9 Å². The van der Waals surface area contributed by atoms with Gasteiger partial charge < -0.3 is 14.5 Å². The summed E-state index contributed by atoms with van der Waals surface area (Å²) >= 11 is 1.38. The largest absolute Gasteiger partial charge is 0.376 e. The third-order valence-corrected chi connectivity index (χ3v) is 6.97. The van der Waals surface area contributed by atoms with Crippen molar-refractivity contribution in [1.29, 1.82) is 0 Å². The monoisotopic (exact) mass is 483 g/mol. The van der Waals surface area contributed by atoms with Crippen molar-refractivity contribution in [2.45, 2.75) is 30.6 Å². The van der Waals surface area contributed by atoms with Crippen LogP contribution < -0.4 is 4.90 Å². The highest BCUT2D eigenvalue weighted by molar-refractivity contribution is 7.99. The van der Waals surface area contributed by atoms with E-state index in [2.05, 4.69) is 25.1 Å². The van der Waals surface area contributed by atoms with Crippen LogP contribution in [0.1, 0.15) is 12.8 Å². The van der Waals surface area contributed by atoms with E-state index in [4.69, 9.17) is 4.74 Å². The SMILES string of the molecule is O=C(CSc1nnc(-c2ccc(F)cc2)n1C[C@@H]1CCCO1)N1CCN(c2ncccn2)CC1. The molecule has 2 saturated heterocycles. The van der Waals surface area contributed by atoms with Gasteiger partial charge in [0, 0.05) is 50.7 Å². The number of amides is 1. The van der Waals surface area contributed by atoms with Gasteiger partial charge in [0.1, 0.15) is 5.82 Å². The van der Waals surface area contributed by atoms with Crippen molar-refractivity contribution in [3.05, 3.63) is 48.5 Å². The van der Waals surface area contributed by atoms with Gasteiger partial charge in [-0.1, -0.05) is 11.8 Å². The maximum absolute atomic E-state index is 13.4. The Bertz CT molecular complexity index is 1100. The number of thioether (sulfide) groups is 1. The third kappa shape index (κ3) is 5.20. The van der Waals surface area contributed by atoms with Crippen LogP contribution in [0.25, 0.3) is 11.4 Å². The number of hydrogen-bond donors (Lipinski definition) is 0. The second kappa shape index (κ2) is 10.5. The number of piperazine rings is 1. The summed E-state index contributed by atoms with van der Waals surface area (Å²) in [5.74, 6) is 1.39. The summed E-state index contributed by atoms with van der Waals surface area (Å²) in [5.41, 5.74) is 0.782. The van der Waals surface area contributed by atoms with E-state index in [1.807, 2.05) is 9.47 Å². The first-order valence-corrected chi connectivity index (χ1v) is 12.4. The quantitative estimate of drug-likeness (QED) is 0.474. The lowest BCUT2D eigenvalue weighted by Gasteiger charge is -2.34. The smallest absolute Gasteiger partial charge is 0.233 e. The molecular weight excluding hydrogens is 457 g/mol. The van der Waals surface area contributed by atoms with Gasteiger partial charge in [-0.2, -0.15) is 0 Å². The highest BCUT2D eigenvalue weighted by atomic mass is 32.2. The Morgan fingerprint density at radius 3 is 2.56 bits per heavy atom. The fourth-order valence-electron chi connectivity index (χ4n) is 4.19. The highest BCUT2D eigenvalue weighted by Crippen LogP contribution is 2.27. The Balaban J connectivity index is 1.24. The molecule has 4 heterocycles. The summed E-state index contributed by atoms with van der Waals surface area (Å²) in [6, 6.07) is 8.01. The molecule has 34 heavy (non-hydrogen) atoms. The topological polar surface area (TPSA) is 89.3 Å². The number of aromatic nitrogens is 5. The normalized spacial score (nSPS) is 18.4. The van der Waals surface area contributed by atoms with Gasteiger partial charge in [0.25, 0.3) is 0 Å². The van der Waals surface area contributed by atoms with Crippen LogP contribution in [0.3, 0.4) is 0 Å². The second-order valence-corrected chi connectivity index (χ2v) is 9.21. The van der Waals surface area contributed by atoms with Crippen LogP contribution in [0, 0.1) is 5.82 Å². The molecule has 178 valence electrons. The van der Waals surface area contributed by atoms with Gasteiger partial charge in [-0.05, 0) is 43.2 Å². The lowest BCUT2D eigenvalue weighted by Crippen LogP contribution is -2.49. The maximum Gasteiger partial charge on any atom is 0.233 e. The van der Waals surface area contributed by atoms with Crippen LogP contribution in [-0.4, -0.2) is 80.2 Å². The Hall–Kier alpha value is -3.05. The zero-order valence-electron chi connectivity index (χ0n) is 18.7. The fourth-order valence-corrected chi connectivity index (χ4v) is 5.04. The minimum Gasteiger partial charge on any atom is -0.376 e. The number of halogens is 1. The average molecular weight is 484 g/mol. The van der Waals surface area contributed by atoms with Crippen LogP contribution >= 0.6 is 11.8 Å². The van der Waals surface area contributed by atoms with Gasteiger partial charge in [-0.15, -0.1) is 10.2 Å². The number of nitrogens with zero attached hydrogens (tertiary/aromatic N) is 7. The van der Waals surface area contributed by atoms with Crippen LogP contribution in [0.2, 0.25) is 0 Å². The van der Waals surface area contributed by atoms with E-state index >= 15 is 0 Å². The minimum atomic E-state index is -0.298. The molecule has 9 nitrogen and oxygen atoms in total. The summed E-state index contributed by atoms with van der Waals surface area (Å²) in [6.45, 7) is 4.00. The summed E-state index contributed by atoms with van der Waals surface area (Å²) < 4.78 is 21.2. The Kier molecular flexibility index (Phi) is 7.00. The van der Waals surface area contributed by atoms with Crippen LogP contribution in [0.15, 0.2) is 47.9 Å². The number of carbonyl (C=O) groups excluding carboxylic acids is 1. The second-order valence-electron chi connectivity index (χ2n) is 8.26. The molecule has 0 unspecified atom stereocenters. The first-order valence-electron chi connectivity index (χ1n) is 11.4. The zero-order chi connectivity index (χ0) is 23.3. The molecule has 0 N–H and O–H groups in total. The third-order valence-electron chi connectivity index (χ3n) is 6.02. The number of anilines is 1. The molecule has 0 bridgehead atoms. The van der Waals surface area contributed by atoms with Crippen molar-refractivity contribution in [3.8, 4) is 11.4 Å². The molecule has 0 radical (unpaired) electrons. The number of benzene rings is 1. The van der Waals surface area contributed by atoms with E-state index in [1.165, 1.54) is 23.9 Å². The average Bonchev–Trinajstić information content (AvgIpc) is 3.54. The molecule has 0 aliphatic carbocycles. The fraction of sp³-hybridized carbons (Fsp3) is 0.435.